The summed E-state index contributed by atoms with van der Waals surface area (Å²) in [5.41, 5.74) is 2.50. The number of fused-ring (bicyclic) bond motifs is 1. The van der Waals surface area contributed by atoms with E-state index in [0.717, 1.165) is 34.2 Å². The summed E-state index contributed by atoms with van der Waals surface area (Å²) in [5.74, 6) is 0.189. The molecule has 3 heterocycles. The summed E-state index contributed by atoms with van der Waals surface area (Å²) in [6.45, 7) is 6.14. The second-order valence-electron chi connectivity index (χ2n) is 5.33. The highest BCUT2D eigenvalue weighted by Crippen LogP contribution is 2.19. The monoisotopic (exact) mass is 342 g/mol. The van der Waals surface area contributed by atoms with Crippen LogP contribution in [0.5, 0.6) is 0 Å². The van der Waals surface area contributed by atoms with Gasteiger partial charge < -0.3 is 10.6 Å². The van der Waals surface area contributed by atoms with E-state index in [9.17, 15) is 4.79 Å². The quantitative estimate of drug-likeness (QED) is 0.780. The van der Waals surface area contributed by atoms with Crippen molar-refractivity contribution in [2.75, 3.05) is 6.54 Å². The molecule has 9 heteroatoms. The zero-order valence-electron chi connectivity index (χ0n) is 12.5. The lowest BCUT2D eigenvalue weighted by molar-refractivity contribution is 0.0944. The van der Waals surface area contributed by atoms with E-state index in [0.29, 0.717) is 24.7 Å². The molecular formula is C13H19ClN6OS. The van der Waals surface area contributed by atoms with Gasteiger partial charge in [-0.1, -0.05) is 25.2 Å². The summed E-state index contributed by atoms with van der Waals surface area (Å²) >= 11 is 1.53. The number of nitrogens with zero attached hydrogens (tertiary/aromatic N) is 3. The van der Waals surface area contributed by atoms with Gasteiger partial charge in [0.1, 0.15) is 10.0 Å². The Kier molecular flexibility index (Phi) is 5.49. The van der Waals surface area contributed by atoms with Crippen LogP contribution in [0.25, 0.3) is 0 Å². The Labute approximate surface area is 138 Å². The lowest BCUT2D eigenvalue weighted by Crippen LogP contribution is -2.28. The predicted octanol–water partition coefficient (Wildman–Crippen LogP) is 1.38. The average molecular weight is 343 g/mol. The topological polar surface area (TPSA) is 95.6 Å². The molecule has 0 saturated heterocycles. The van der Waals surface area contributed by atoms with Crippen LogP contribution in [-0.4, -0.2) is 32.8 Å². The lowest BCUT2D eigenvalue weighted by Gasteiger charge is -2.12. The van der Waals surface area contributed by atoms with Gasteiger partial charge in [0, 0.05) is 36.7 Å². The van der Waals surface area contributed by atoms with E-state index in [1.807, 2.05) is 0 Å². The maximum atomic E-state index is 12.2. The van der Waals surface area contributed by atoms with Gasteiger partial charge in [-0.05, 0) is 0 Å². The van der Waals surface area contributed by atoms with Crippen molar-refractivity contribution in [3.8, 4) is 0 Å². The van der Waals surface area contributed by atoms with E-state index >= 15 is 0 Å². The second kappa shape index (κ2) is 7.17. The van der Waals surface area contributed by atoms with Crippen LogP contribution in [0.2, 0.25) is 0 Å². The molecule has 0 bridgehead atoms. The maximum absolute atomic E-state index is 12.2. The fourth-order valence-electron chi connectivity index (χ4n) is 2.22. The number of aromatic nitrogens is 4. The summed E-state index contributed by atoms with van der Waals surface area (Å²) in [6, 6.07) is 0. The van der Waals surface area contributed by atoms with Crippen molar-refractivity contribution in [2.24, 2.45) is 0 Å². The number of nitrogens with one attached hydrogen (secondary N) is 3. The smallest absolute Gasteiger partial charge is 0.272 e. The Bertz CT molecular complexity index is 653. The van der Waals surface area contributed by atoms with Gasteiger partial charge in [-0.3, -0.25) is 9.89 Å². The van der Waals surface area contributed by atoms with Crippen molar-refractivity contribution < 1.29 is 4.79 Å². The van der Waals surface area contributed by atoms with E-state index in [-0.39, 0.29) is 18.3 Å². The number of rotatable bonds is 4. The SMILES string of the molecule is CC(C)c1nnc(CNC(=O)c2n[nH]c3c2CNCC3)s1.Cl. The van der Waals surface area contributed by atoms with Crippen LogP contribution in [0.4, 0.5) is 0 Å². The van der Waals surface area contributed by atoms with Crippen LogP contribution in [0.15, 0.2) is 0 Å². The highest BCUT2D eigenvalue weighted by molar-refractivity contribution is 7.11. The lowest BCUT2D eigenvalue weighted by atomic mass is 10.1. The fourth-order valence-corrected chi connectivity index (χ4v) is 3.01. The maximum Gasteiger partial charge on any atom is 0.272 e. The first-order valence-electron chi connectivity index (χ1n) is 7.02. The molecule has 0 aromatic carbocycles. The molecule has 0 aliphatic carbocycles. The van der Waals surface area contributed by atoms with Gasteiger partial charge in [-0.25, -0.2) is 0 Å². The number of hydrogen-bond donors (Lipinski definition) is 3. The third kappa shape index (κ3) is 3.45. The van der Waals surface area contributed by atoms with Gasteiger partial charge in [0.05, 0.1) is 6.54 Å². The molecule has 3 rings (SSSR count). The van der Waals surface area contributed by atoms with Gasteiger partial charge in [-0.15, -0.1) is 22.6 Å². The van der Waals surface area contributed by atoms with Crippen molar-refractivity contribution in [1.29, 1.82) is 0 Å². The molecule has 7 nitrogen and oxygen atoms in total. The van der Waals surface area contributed by atoms with E-state index in [1.54, 1.807) is 0 Å². The van der Waals surface area contributed by atoms with E-state index in [2.05, 4.69) is 44.9 Å². The first kappa shape index (κ1) is 16.9. The minimum absolute atomic E-state index is 0. The van der Waals surface area contributed by atoms with Crippen molar-refractivity contribution in [2.45, 2.75) is 39.3 Å². The standard InChI is InChI=1S/C13H18N6OS.ClH/c1-7(2)13-19-17-10(21-13)6-15-12(20)11-8-5-14-4-3-9(8)16-18-11;/h7,14H,3-6H2,1-2H3,(H,15,20)(H,16,18);1H. The summed E-state index contributed by atoms with van der Waals surface area (Å²) in [7, 11) is 0. The fraction of sp³-hybridized carbons (Fsp3) is 0.538. The zero-order valence-corrected chi connectivity index (χ0v) is 14.1. The number of carbonyl (C=O) groups excluding carboxylic acids is 1. The Morgan fingerprint density at radius 2 is 2.23 bits per heavy atom. The second-order valence-corrected chi connectivity index (χ2v) is 6.42. The molecule has 3 N–H and O–H groups in total. The molecule has 2 aromatic heterocycles. The van der Waals surface area contributed by atoms with Gasteiger partial charge in [0.2, 0.25) is 0 Å². The molecule has 22 heavy (non-hydrogen) atoms. The molecule has 2 aromatic rings. The predicted molar refractivity (Wildman–Crippen MR) is 86.4 cm³/mol. The van der Waals surface area contributed by atoms with Gasteiger partial charge in [0.15, 0.2) is 5.69 Å². The Morgan fingerprint density at radius 3 is 2.95 bits per heavy atom. The number of amides is 1. The molecule has 120 valence electrons. The van der Waals surface area contributed by atoms with E-state index in [4.69, 9.17) is 0 Å². The molecule has 0 atom stereocenters. The Morgan fingerprint density at radius 1 is 1.41 bits per heavy atom. The molecule has 1 aliphatic rings. The van der Waals surface area contributed by atoms with Gasteiger partial charge in [-0.2, -0.15) is 5.10 Å². The van der Waals surface area contributed by atoms with E-state index in [1.165, 1.54) is 11.3 Å². The van der Waals surface area contributed by atoms with Gasteiger partial charge >= 0.3 is 0 Å². The van der Waals surface area contributed by atoms with Gasteiger partial charge in [0.25, 0.3) is 5.91 Å². The zero-order chi connectivity index (χ0) is 14.8. The minimum atomic E-state index is -0.169. The van der Waals surface area contributed by atoms with Crippen LogP contribution in [-0.2, 0) is 19.5 Å². The third-order valence-corrected chi connectivity index (χ3v) is 4.62. The van der Waals surface area contributed by atoms with Crippen molar-refractivity contribution in [3.05, 3.63) is 27.0 Å². The highest BCUT2D eigenvalue weighted by Gasteiger charge is 2.21. The summed E-state index contributed by atoms with van der Waals surface area (Å²) in [4.78, 5) is 12.2. The molecule has 0 radical (unpaired) electrons. The largest absolute Gasteiger partial charge is 0.344 e. The van der Waals surface area contributed by atoms with Crippen LogP contribution in [0.1, 0.15) is 51.5 Å². The van der Waals surface area contributed by atoms with Crippen molar-refractivity contribution in [1.82, 2.24) is 31.0 Å². The molecule has 0 unspecified atom stereocenters. The first-order valence-corrected chi connectivity index (χ1v) is 7.84. The minimum Gasteiger partial charge on any atom is -0.344 e. The number of carbonyl (C=O) groups is 1. The third-order valence-electron chi connectivity index (χ3n) is 3.40. The molecule has 0 spiro atoms. The number of hydrogen-bond acceptors (Lipinski definition) is 6. The molecule has 1 amide bonds. The number of aromatic amines is 1. The van der Waals surface area contributed by atoms with Crippen molar-refractivity contribution in [3.63, 3.8) is 0 Å². The van der Waals surface area contributed by atoms with Crippen LogP contribution >= 0.6 is 23.7 Å². The first-order chi connectivity index (χ1) is 10.1. The Balaban J connectivity index is 0.00000176. The summed E-state index contributed by atoms with van der Waals surface area (Å²) in [5, 5.41) is 23.2. The van der Waals surface area contributed by atoms with Crippen molar-refractivity contribution >= 4 is 29.7 Å². The van der Waals surface area contributed by atoms with Crippen LogP contribution < -0.4 is 10.6 Å². The molecule has 0 fully saturated rings. The summed E-state index contributed by atoms with van der Waals surface area (Å²) < 4.78 is 0. The number of H-pyrrole nitrogens is 1. The molecular weight excluding hydrogens is 324 g/mol. The number of halogens is 1. The highest BCUT2D eigenvalue weighted by atomic mass is 35.5. The van der Waals surface area contributed by atoms with E-state index < -0.39 is 0 Å². The molecule has 1 aliphatic heterocycles. The average Bonchev–Trinajstić information content (AvgIpc) is 3.11. The van der Waals surface area contributed by atoms with Crippen LogP contribution in [0.3, 0.4) is 0 Å². The summed E-state index contributed by atoms with van der Waals surface area (Å²) in [6.07, 6.45) is 0.879. The molecule has 0 saturated carbocycles. The normalized spacial score (nSPS) is 13.6. The van der Waals surface area contributed by atoms with Crippen LogP contribution in [0, 0.1) is 0 Å². The Hall–Kier alpha value is -1.51.